The summed E-state index contributed by atoms with van der Waals surface area (Å²) in [6, 6.07) is 12.1. The van der Waals surface area contributed by atoms with E-state index < -0.39 is 0 Å². The second-order valence-electron chi connectivity index (χ2n) is 6.79. The molecule has 2 N–H and O–H groups in total. The minimum absolute atomic E-state index is 0.264. The highest BCUT2D eigenvalue weighted by molar-refractivity contribution is 5.72. The quantitative estimate of drug-likeness (QED) is 0.591. The minimum Gasteiger partial charge on any atom is -0.506 e. The number of nitrogens with zero attached hydrogens (tertiary/aromatic N) is 3. The molecule has 2 aromatic rings. The number of allylic oxidation sites excluding steroid dienone is 1. The van der Waals surface area contributed by atoms with Crippen molar-refractivity contribution in [2.45, 2.75) is 19.3 Å². The zero-order valence-electron chi connectivity index (χ0n) is 16.3. The van der Waals surface area contributed by atoms with Gasteiger partial charge in [0, 0.05) is 57.8 Å². The Morgan fingerprint density at radius 2 is 2.11 bits per heavy atom. The topological polar surface area (TPSA) is 51.1 Å². The van der Waals surface area contributed by atoms with Crippen LogP contribution in [-0.4, -0.2) is 39.0 Å². The van der Waals surface area contributed by atoms with E-state index >= 15 is 0 Å². The van der Waals surface area contributed by atoms with Crippen molar-refractivity contribution in [1.82, 2.24) is 0 Å². The fraction of sp³-hybridized carbons (Fsp3) is 0.318. The van der Waals surface area contributed by atoms with Crippen molar-refractivity contribution >= 4 is 29.4 Å². The lowest BCUT2D eigenvalue weighted by Gasteiger charge is -2.29. The van der Waals surface area contributed by atoms with E-state index in [-0.39, 0.29) is 5.75 Å². The predicted octanol–water partition coefficient (Wildman–Crippen LogP) is 4.34. The van der Waals surface area contributed by atoms with E-state index in [1.807, 2.05) is 38.5 Å². The molecule has 0 unspecified atom stereocenters. The first-order chi connectivity index (χ1) is 13.1. The smallest absolute Gasteiger partial charge is 0.142 e. The number of aromatic hydroxyl groups is 1. The number of hydrogen-bond donors (Lipinski definition) is 2. The maximum atomic E-state index is 10.4. The average Bonchev–Trinajstić information content (AvgIpc) is 2.68. The highest BCUT2D eigenvalue weighted by Crippen LogP contribution is 2.37. The first kappa shape index (κ1) is 18.8. The predicted molar refractivity (Wildman–Crippen MR) is 116 cm³/mol. The van der Waals surface area contributed by atoms with E-state index in [9.17, 15) is 5.11 Å². The molecule has 0 saturated heterocycles. The molecule has 0 amide bonds. The molecule has 5 heteroatoms. The monoisotopic (exact) mass is 364 g/mol. The number of benzene rings is 2. The number of hydrogen-bond acceptors (Lipinski definition) is 5. The highest BCUT2D eigenvalue weighted by atomic mass is 16.3. The summed E-state index contributed by atoms with van der Waals surface area (Å²) in [6.45, 7) is 1.03. The molecule has 1 aliphatic heterocycles. The van der Waals surface area contributed by atoms with Crippen LogP contribution >= 0.6 is 0 Å². The number of phenolic OH excluding ortho intramolecular Hbond substituents is 1. The Balaban J connectivity index is 1.65. The number of phenols is 1. The van der Waals surface area contributed by atoms with Crippen molar-refractivity contribution in [2.75, 3.05) is 42.9 Å². The molecule has 1 aliphatic rings. The number of para-hydroxylation sites is 1. The molecule has 0 spiro atoms. The Kier molecular flexibility index (Phi) is 6.01. The summed E-state index contributed by atoms with van der Waals surface area (Å²) in [5, 5.41) is 19.8. The number of nitrogens with one attached hydrogen (secondary N) is 1. The fourth-order valence-corrected chi connectivity index (χ4v) is 3.41. The van der Waals surface area contributed by atoms with Crippen molar-refractivity contribution < 1.29 is 5.11 Å². The molecule has 5 nitrogen and oxygen atoms in total. The van der Waals surface area contributed by atoms with Gasteiger partial charge in [0.1, 0.15) is 11.4 Å². The van der Waals surface area contributed by atoms with Crippen LogP contribution < -0.4 is 15.2 Å². The van der Waals surface area contributed by atoms with Crippen LogP contribution in [0.15, 0.2) is 47.6 Å². The van der Waals surface area contributed by atoms with Gasteiger partial charge in [-0.05, 0) is 36.1 Å². The number of rotatable bonds is 6. The lowest BCUT2D eigenvalue weighted by Crippen LogP contribution is -2.25. The third-order valence-corrected chi connectivity index (χ3v) is 4.90. The van der Waals surface area contributed by atoms with E-state index in [4.69, 9.17) is 0 Å². The molecular weight excluding hydrogens is 336 g/mol. The van der Waals surface area contributed by atoms with Gasteiger partial charge >= 0.3 is 0 Å². The summed E-state index contributed by atoms with van der Waals surface area (Å²) < 4.78 is 0. The molecule has 0 aliphatic carbocycles. The van der Waals surface area contributed by atoms with Crippen molar-refractivity contribution in [3.05, 3.63) is 53.6 Å². The summed E-state index contributed by atoms with van der Waals surface area (Å²) in [5.41, 5.74) is 5.38. The molecule has 0 radical (unpaired) electrons. The van der Waals surface area contributed by atoms with Gasteiger partial charge in [-0.1, -0.05) is 30.4 Å². The molecule has 142 valence electrons. The van der Waals surface area contributed by atoms with Crippen LogP contribution in [-0.2, 0) is 6.42 Å². The van der Waals surface area contributed by atoms with Gasteiger partial charge in [-0.25, -0.2) is 0 Å². The van der Waals surface area contributed by atoms with Crippen molar-refractivity contribution in [1.29, 1.82) is 0 Å². The maximum Gasteiger partial charge on any atom is 0.142 e. The van der Waals surface area contributed by atoms with Gasteiger partial charge in [-0.2, -0.15) is 5.10 Å². The van der Waals surface area contributed by atoms with Gasteiger partial charge in [0.2, 0.25) is 0 Å². The number of aryl methyl sites for hydroxylation is 1. The van der Waals surface area contributed by atoms with Gasteiger partial charge in [0.25, 0.3) is 0 Å². The Bertz CT molecular complexity index is 844. The number of anilines is 3. The maximum absolute atomic E-state index is 10.4. The largest absolute Gasteiger partial charge is 0.506 e. The second kappa shape index (κ2) is 8.62. The standard InChI is InChI=1S/C22H28N4O/c1-23-19-12-5-4-9-17(19)10-6-7-13-24-26(3)21-15-18-11-8-14-25(2)20(18)16-22(21)27/h4-6,9-10,12-13,15-16,23,27H,7-8,11,14H2,1-3H3/b10-6-,24-13+. The molecule has 0 atom stereocenters. The van der Waals surface area contributed by atoms with E-state index in [1.165, 1.54) is 5.56 Å². The number of fused-ring (bicyclic) bond motifs is 1. The van der Waals surface area contributed by atoms with Crippen molar-refractivity contribution in [3.8, 4) is 5.75 Å². The summed E-state index contributed by atoms with van der Waals surface area (Å²) in [7, 11) is 5.86. The first-order valence-electron chi connectivity index (χ1n) is 9.36. The molecule has 27 heavy (non-hydrogen) atoms. The van der Waals surface area contributed by atoms with Crippen LogP contribution in [0, 0.1) is 0 Å². The van der Waals surface area contributed by atoms with Gasteiger partial charge in [0.05, 0.1) is 0 Å². The SMILES string of the molecule is CNc1ccccc1/C=C\C/C=N/N(C)c1cc2c(cc1O)N(C)CCC2. The van der Waals surface area contributed by atoms with Gasteiger partial charge < -0.3 is 15.3 Å². The van der Waals surface area contributed by atoms with Crippen molar-refractivity contribution in [2.24, 2.45) is 5.10 Å². The lowest BCUT2D eigenvalue weighted by atomic mass is 10.0. The van der Waals surface area contributed by atoms with Crippen LogP contribution in [0.3, 0.4) is 0 Å². The molecular formula is C22H28N4O. The van der Waals surface area contributed by atoms with Gasteiger partial charge in [-0.15, -0.1) is 0 Å². The first-order valence-corrected chi connectivity index (χ1v) is 9.36. The normalized spacial score (nSPS) is 14.0. The Labute approximate surface area is 161 Å². The summed E-state index contributed by atoms with van der Waals surface area (Å²) in [5.74, 6) is 0.264. The molecule has 0 aromatic heterocycles. The molecule has 0 saturated carbocycles. The second-order valence-corrected chi connectivity index (χ2v) is 6.79. The van der Waals surface area contributed by atoms with Crippen LogP contribution in [0.4, 0.5) is 17.1 Å². The molecule has 0 bridgehead atoms. The minimum atomic E-state index is 0.264. The van der Waals surface area contributed by atoms with Crippen LogP contribution in [0.1, 0.15) is 24.0 Å². The zero-order valence-corrected chi connectivity index (χ0v) is 16.3. The molecule has 3 rings (SSSR count). The van der Waals surface area contributed by atoms with Crippen molar-refractivity contribution in [3.63, 3.8) is 0 Å². The molecule has 1 heterocycles. The summed E-state index contributed by atoms with van der Waals surface area (Å²) in [6.07, 6.45) is 8.91. The fourth-order valence-electron chi connectivity index (χ4n) is 3.41. The highest BCUT2D eigenvalue weighted by Gasteiger charge is 2.18. The third-order valence-electron chi connectivity index (χ3n) is 4.90. The Morgan fingerprint density at radius 1 is 1.30 bits per heavy atom. The summed E-state index contributed by atoms with van der Waals surface area (Å²) in [4.78, 5) is 2.19. The van der Waals surface area contributed by atoms with Crippen LogP contribution in [0.5, 0.6) is 5.75 Å². The number of hydrazone groups is 1. The van der Waals surface area contributed by atoms with Gasteiger partial charge in [-0.3, -0.25) is 5.01 Å². The van der Waals surface area contributed by atoms with E-state index in [2.05, 4.69) is 52.7 Å². The van der Waals surface area contributed by atoms with E-state index in [0.29, 0.717) is 0 Å². The molecule has 0 fully saturated rings. The van der Waals surface area contributed by atoms with Gasteiger partial charge in [0.15, 0.2) is 0 Å². The Morgan fingerprint density at radius 3 is 2.93 bits per heavy atom. The summed E-state index contributed by atoms with van der Waals surface area (Å²) >= 11 is 0. The van der Waals surface area contributed by atoms with Crippen LogP contribution in [0.25, 0.3) is 6.08 Å². The van der Waals surface area contributed by atoms with E-state index in [1.54, 1.807) is 5.01 Å². The lowest BCUT2D eigenvalue weighted by molar-refractivity contribution is 0.474. The zero-order chi connectivity index (χ0) is 19.2. The third kappa shape index (κ3) is 4.42. The average molecular weight is 364 g/mol. The molecule has 2 aromatic carbocycles. The Hall–Kier alpha value is -2.95. The van der Waals surface area contributed by atoms with Crippen LogP contribution in [0.2, 0.25) is 0 Å². The van der Waals surface area contributed by atoms with E-state index in [0.717, 1.165) is 48.4 Å².